The van der Waals surface area contributed by atoms with E-state index in [0.29, 0.717) is 0 Å². The van der Waals surface area contributed by atoms with E-state index < -0.39 is 0 Å². The Labute approximate surface area is 104 Å². The highest BCUT2D eigenvalue weighted by Gasteiger charge is 2.01. The molecule has 1 N–H and O–H groups in total. The maximum absolute atomic E-state index is 4.48. The second kappa shape index (κ2) is 5.46. The molecule has 2 heterocycles. The first-order valence-electron chi connectivity index (χ1n) is 5.57. The second-order valence-corrected chi connectivity index (χ2v) is 5.68. The molecule has 2 aromatic heterocycles. The van der Waals surface area contributed by atoms with Crippen LogP contribution in [0.15, 0.2) is 17.5 Å². The number of thiazole rings is 1. The zero-order chi connectivity index (χ0) is 11.4. The summed E-state index contributed by atoms with van der Waals surface area (Å²) < 4.78 is 0. The van der Waals surface area contributed by atoms with Gasteiger partial charge in [-0.15, -0.1) is 22.7 Å². The molecule has 0 aromatic carbocycles. The van der Waals surface area contributed by atoms with Crippen LogP contribution in [0.4, 0.5) is 5.13 Å². The lowest BCUT2D eigenvalue weighted by atomic mass is 10.4. The molecule has 0 aliphatic heterocycles. The van der Waals surface area contributed by atoms with Crippen LogP contribution in [0.3, 0.4) is 0 Å². The van der Waals surface area contributed by atoms with Crippen molar-refractivity contribution in [3.8, 4) is 0 Å². The minimum Gasteiger partial charge on any atom is -0.357 e. The Hall–Kier alpha value is -0.870. The van der Waals surface area contributed by atoms with Gasteiger partial charge in [0, 0.05) is 15.1 Å². The fourth-order valence-electron chi connectivity index (χ4n) is 1.42. The van der Waals surface area contributed by atoms with Crippen LogP contribution in [0.5, 0.6) is 0 Å². The van der Waals surface area contributed by atoms with Crippen molar-refractivity contribution in [2.24, 2.45) is 0 Å². The molecule has 2 nitrogen and oxygen atoms in total. The average Bonchev–Trinajstić information content (AvgIpc) is 2.95. The first-order valence-corrected chi connectivity index (χ1v) is 7.27. The van der Waals surface area contributed by atoms with Crippen LogP contribution < -0.4 is 5.32 Å². The minimum atomic E-state index is 0.890. The van der Waals surface area contributed by atoms with E-state index in [9.17, 15) is 0 Å². The van der Waals surface area contributed by atoms with Crippen LogP contribution in [-0.2, 0) is 19.4 Å². The monoisotopic (exact) mass is 252 g/mol. The lowest BCUT2D eigenvalue weighted by Gasteiger charge is -1.98. The molecule has 0 saturated heterocycles. The van der Waals surface area contributed by atoms with E-state index in [0.717, 1.165) is 24.5 Å². The molecule has 16 heavy (non-hydrogen) atoms. The summed E-state index contributed by atoms with van der Waals surface area (Å²) in [5.41, 5.74) is 1.17. The predicted octanol–water partition coefficient (Wildman–Crippen LogP) is 3.94. The van der Waals surface area contributed by atoms with Gasteiger partial charge in [-0.2, -0.15) is 0 Å². The van der Waals surface area contributed by atoms with Crippen molar-refractivity contribution >= 4 is 27.8 Å². The molecule has 0 fully saturated rings. The fraction of sp³-hybridized carbons (Fsp3) is 0.417. The Morgan fingerprint density at radius 2 is 2.00 bits per heavy atom. The number of aryl methyl sites for hydroxylation is 2. The van der Waals surface area contributed by atoms with Gasteiger partial charge in [-0.25, -0.2) is 4.98 Å². The van der Waals surface area contributed by atoms with Gasteiger partial charge in [0.05, 0.1) is 12.2 Å². The lowest BCUT2D eigenvalue weighted by molar-refractivity contribution is 1.05. The Morgan fingerprint density at radius 3 is 2.62 bits per heavy atom. The van der Waals surface area contributed by atoms with Crippen LogP contribution in [0.2, 0.25) is 0 Å². The highest BCUT2D eigenvalue weighted by atomic mass is 32.1. The normalized spacial score (nSPS) is 10.6. The number of nitrogens with one attached hydrogen (secondary N) is 1. The van der Waals surface area contributed by atoms with Gasteiger partial charge in [0.1, 0.15) is 0 Å². The van der Waals surface area contributed by atoms with E-state index in [-0.39, 0.29) is 0 Å². The standard InChI is InChI=1S/C12H16N2S2/c1-3-9-8-15-12(14-9)13-7-11-6-5-10(4-2)16-11/h5-6,8H,3-4,7H2,1-2H3,(H,13,14). The zero-order valence-electron chi connectivity index (χ0n) is 9.62. The molecule has 4 heteroatoms. The van der Waals surface area contributed by atoms with Crippen molar-refractivity contribution in [1.82, 2.24) is 4.98 Å². The first kappa shape index (κ1) is 11.6. The molecule has 0 spiro atoms. The van der Waals surface area contributed by atoms with Crippen LogP contribution in [0.25, 0.3) is 0 Å². The van der Waals surface area contributed by atoms with Gasteiger partial charge in [0.25, 0.3) is 0 Å². The number of aromatic nitrogens is 1. The topological polar surface area (TPSA) is 24.9 Å². The number of nitrogens with zero attached hydrogens (tertiary/aromatic N) is 1. The molecule has 0 bridgehead atoms. The Morgan fingerprint density at radius 1 is 1.19 bits per heavy atom. The Balaban J connectivity index is 1.91. The number of thiophene rings is 1. The van der Waals surface area contributed by atoms with Crippen LogP contribution in [0.1, 0.15) is 29.3 Å². The number of rotatable bonds is 5. The quantitative estimate of drug-likeness (QED) is 0.871. The molecule has 2 aromatic rings. The second-order valence-electron chi connectivity index (χ2n) is 3.57. The summed E-state index contributed by atoms with van der Waals surface area (Å²) in [6.07, 6.45) is 2.14. The number of hydrogen-bond donors (Lipinski definition) is 1. The SMILES string of the molecule is CCc1csc(NCc2ccc(CC)s2)n1. The summed E-state index contributed by atoms with van der Waals surface area (Å²) in [4.78, 5) is 7.31. The Kier molecular flexibility index (Phi) is 3.96. The van der Waals surface area contributed by atoms with Gasteiger partial charge in [-0.1, -0.05) is 13.8 Å². The number of hydrogen-bond acceptors (Lipinski definition) is 4. The van der Waals surface area contributed by atoms with E-state index >= 15 is 0 Å². The maximum Gasteiger partial charge on any atom is 0.183 e. The van der Waals surface area contributed by atoms with E-state index in [1.807, 2.05) is 11.3 Å². The van der Waals surface area contributed by atoms with Crippen molar-refractivity contribution in [3.05, 3.63) is 33.0 Å². The van der Waals surface area contributed by atoms with Crippen molar-refractivity contribution in [3.63, 3.8) is 0 Å². The summed E-state index contributed by atoms with van der Waals surface area (Å²) >= 11 is 3.57. The summed E-state index contributed by atoms with van der Waals surface area (Å²) in [7, 11) is 0. The highest BCUT2D eigenvalue weighted by molar-refractivity contribution is 7.13. The van der Waals surface area contributed by atoms with Crippen LogP contribution >= 0.6 is 22.7 Å². The third-order valence-electron chi connectivity index (χ3n) is 2.39. The molecule has 0 radical (unpaired) electrons. The zero-order valence-corrected chi connectivity index (χ0v) is 11.3. The summed E-state index contributed by atoms with van der Waals surface area (Å²) in [6, 6.07) is 4.41. The largest absolute Gasteiger partial charge is 0.357 e. The van der Waals surface area contributed by atoms with E-state index in [1.165, 1.54) is 15.4 Å². The smallest absolute Gasteiger partial charge is 0.183 e. The van der Waals surface area contributed by atoms with Gasteiger partial charge >= 0.3 is 0 Å². The first-order chi connectivity index (χ1) is 7.81. The van der Waals surface area contributed by atoms with Crippen LogP contribution in [-0.4, -0.2) is 4.98 Å². The third kappa shape index (κ3) is 2.83. The van der Waals surface area contributed by atoms with Gasteiger partial charge in [0.15, 0.2) is 5.13 Å². The third-order valence-corrected chi connectivity index (χ3v) is 4.47. The van der Waals surface area contributed by atoms with Gasteiger partial charge in [-0.05, 0) is 25.0 Å². The highest BCUT2D eigenvalue weighted by Crippen LogP contribution is 2.20. The number of anilines is 1. The van der Waals surface area contributed by atoms with Gasteiger partial charge in [-0.3, -0.25) is 0 Å². The van der Waals surface area contributed by atoms with Crippen molar-refractivity contribution in [2.75, 3.05) is 5.32 Å². The molecule has 0 aliphatic rings. The summed E-state index contributed by atoms with van der Waals surface area (Å²) in [6.45, 7) is 5.21. The molecule has 0 saturated carbocycles. The maximum atomic E-state index is 4.48. The van der Waals surface area contributed by atoms with Gasteiger partial charge in [0.2, 0.25) is 0 Å². The molecule has 0 unspecified atom stereocenters. The van der Waals surface area contributed by atoms with E-state index in [2.05, 4.69) is 41.7 Å². The molecular formula is C12H16N2S2. The molecule has 0 amide bonds. The van der Waals surface area contributed by atoms with E-state index in [4.69, 9.17) is 0 Å². The van der Waals surface area contributed by atoms with Gasteiger partial charge < -0.3 is 5.32 Å². The fourth-order valence-corrected chi connectivity index (χ4v) is 3.11. The summed E-state index contributed by atoms with van der Waals surface area (Å²) in [5.74, 6) is 0. The molecular weight excluding hydrogens is 236 g/mol. The lowest BCUT2D eigenvalue weighted by Crippen LogP contribution is -1.96. The molecule has 86 valence electrons. The van der Waals surface area contributed by atoms with Crippen LogP contribution in [0, 0.1) is 0 Å². The predicted molar refractivity (Wildman–Crippen MR) is 72.5 cm³/mol. The van der Waals surface area contributed by atoms with E-state index in [1.54, 1.807) is 11.3 Å². The van der Waals surface area contributed by atoms with Crippen molar-refractivity contribution in [1.29, 1.82) is 0 Å². The Bertz CT molecular complexity index is 403. The van der Waals surface area contributed by atoms with Crippen molar-refractivity contribution in [2.45, 2.75) is 33.2 Å². The summed E-state index contributed by atoms with van der Waals surface area (Å²) in [5, 5.41) is 6.52. The minimum absolute atomic E-state index is 0.890. The molecule has 2 rings (SSSR count). The van der Waals surface area contributed by atoms with Crippen molar-refractivity contribution < 1.29 is 0 Å². The average molecular weight is 252 g/mol. The molecule has 0 aliphatic carbocycles. The molecule has 0 atom stereocenters.